The summed E-state index contributed by atoms with van der Waals surface area (Å²) in [7, 11) is 0. The van der Waals surface area contributed by atoms with Crippen molar-refractivity contribution in [3.05, 3.63) is 25.3 Å². The normalized spacial score (nSPS) is 30.9. The average Bonchev–Trinajstić information content (AvgIpc) is 3.42. The summed E-state index contributed by atoms with van der Waals surface area (Å²) < 4.78 is 4.88. The van der Waals surface area contributed by atoms with Crippen LogP contribution in [0.15, 0.2) is 25.3 Å². The van der Waals surface area contributed by atoms with Crippen LogP contribution >= 0.6 is 27.7 Å². The Kier molecular flexibility index (Phi) is 10.3. The number of esters is 1. The van der Waals surface area contributed by atoms with Crippen molar-refractivity contribution in [2.24, 2.45) is 11.8 Å². The summed E-state index contributed by atoms with van der Waals surface area (Å²) in [6.45, 7) is 11.4. The van der Waals surface area contributed by atoms with Gasteiger partial charge < -0.3 is 19.6 Å². The van der Waals surface area contributed by atoms with E-state index in [2.05, 4.69) is 36.0 Å². The number of unbranched alkanes of at least 4 members (excludes halogenated alkanes) is 3. The predicted molar refractivity (Wildman–Crippen MR) is 142 cm³/mol. The second-order valence-corrected chi connectivity index (χ2v) is 12.4. The Morgan fingerprint density at radius 3 is 2.71 bits per heavy atom. The molecule has 0 aromatic carbocycles. The van der Waals surface area contributed by atoms with E-state index in [0.717, 1.165) is 19.3 Å². The Hall–Kier alpha value is -1.32. The third kappa shape index (κ3) is 5.52. The summed E-state index contributed by atoms with van der Waals surface area (Å²) in [5.74, 6) is -1.71. The van der Waals surface area contributed by atoms with E-state index in [1.165, 1.54) is 0 Å². The van der Waals surface area contributed by atoms with Gasteiger partial charge in [-0.1, -0.05) is 47.8 Å². The first-order valence-electron chi connectivity index (χ1n) is 12.8. The molecule has 6 atom stereocenters. The van der Waals surface area contributed by atoms with E-state index in [1.807, 2.05) is 4.90 Å². The van der Waals surface area contributed by atoms with Gasteiger partial charge in [-0.05, 0) is 32.1 Å². The van der Waals surface area contributed by atoms with Crippen LogP contribution in [0.1, 0.15) is 51.9 Å². The topological polar surface area (TPSA) is 87.1 Å². The van der Waals surface area contributed by atoms with Crippen molar-refractivity contribution in [1.29, 1.82) is 0 Å². The molecule has 2 amide bonds. The van der Waals surface area contributed by atoms with Gasteiger partial charge in [0.25, 0.3) is 0 Å². The second kappa shape index (κ2) is 12.8. The highest BCUT2D eigenvalue weighted by Gasteiger charge is 2.76. The standard InChI is InChI=1S/C26H39BrN2O5S/c1-4-7-9-13-28(12-6-3)24(32)22-26-17-18(27)21(35-26)19(25(33)34-16-8-5-2)20(26)23(31)29(22)14-10-11-15-30/h5-6,18-22,30H,2-4,7-17H2,1H3/t18?,19-,20-,21-,22?,26?/m0/s1. The van der Waals surface area contributed by atoms with Gasteiger partial charge in [-0.2, -0.15) is 0 Å². The minimum absolute atomic E-state index is 0.0224. The summed E-state index contributed by atoms with van der Waals surface area (Å²) in [5, 5.41) is 9.20. The molecule has 0 aliphatic carbocycles. The zero-order valence-electron chi connectivity index (χ0n) is 20.7. The van der Waals surface area contributed by atoms with Crippen molar-refractivity contribution in [3.63, 3.8) is 0 Å². The van der Waals surface area contributed by atoms with Crippen molar-refractivity contribution in [1.82, 2.24) is 9.80 Å². The number of likely N-dealkylation sites (tertiary alicyclic amines) is 1. The van der Waals surface area contributed by atoms with Crippen LogP contribution in [0.25, 0.3) is 0 Å². The van der Waals surface area contributed by atoms with Gasteiger partial charge in [0.1, 0.15) is 6.04 Å². The molecule has 3 aliphatic heterocycles. The van der Waals surface area contributed by atoms with Crippen LogP contribution in [-0.4, -0.2) is 86.4 Å². The van der Waals surface area contributed by atoms with Crippen LogP contribution in [-0.2, 0) is 19.1 Å². The molecule has 3 unspecified atom stereocenters. The molecule has 1 N–H and O–H groups in total. The van der Waals surface area contributed by atoms with E-state index in [9.17, 15) is 19.5 Å². The molecule has 35 heavy (non-hydrogen) atoms. The molecule has 196 valence electrons. The SMILES string of the molecule is C=CCCOC(=O)[C@H]1[C@H]2C(=O)N(CCCCO)C(C(=O)N(CC=C)CCCCC)C23CC(Br)[C@@H]1S3. The van der Waals surface area contributed by atoms with E-state index in [4.69, 9.17) is 4.74 Å². The zero-order chi connectivity index (χ0) is 25.6. The molecule has 3 aliphatic rings. The third-order valence-electron chi connectivity index (χ3n) is 7.36. The van der Waals surface area contributed by atoms with Gasteiger partial charge >= 0.3 is 5.97 Å². The third-order valence-corrected chi connectivity index (χ3v) is 10.6. The number of fused-ring (bicyclic) bond motifs is 1. The second-order valence-electron chi connectivity index (χ2n) is 9.65. The number of halogens is 1. The van der Waals surface area contributed by atoms with Crippen LogP contribution < -0.4 is 0 Å². The Morgan fingerprint density at radius 2 is 2.06 bits per heavy atom. The van der Waals surface area contributed by atoms with Gasteiger partial charge in [0.05, 0.1) is 23.2 Å². The van der Waals surface area contributed by atoms with Gasteiger partial charge in [0, 0.05) is 36.3 Å². The first kappa shape index (κ1) is 28.3. The van der Waals surface area contributed by atoms with Crippen LogP contribution in [0.2, 0.25) is 0 Å². The van der Waals surface area contributed by atoms with Crippen LogP contribution in [0.5, 0.6) is 0 Å². The fourth-order valence-electron chi connectivity index (χ4n) is 5.82. The average molecular weight is 572 g/mol. The summed E-state index contributed by atoms with van der Waals surface area (Å²) in [5.41, 5.74) is 0. The maximum absolute atomic E-state index is 14.1. The molecule has 3 fully saturated rings. The van der Waals surface area contributed by atoms with Crippen LogP contribution in [0.4, 0.5) is 0 Å². The lowest BCUT2D eigenvalue weighted by molar-refractivity contribution is -0.154. The van der Waals surface area contributed by atoms with E-state index in [0.29, 0.717) is 45.3 Å². The van der Waals surface area contributed by atoms with E-state index in [1.54, 1.807) is 28.8 Å². The number of rotatable bonds is 15. The fourth-order valence-corrected chi connectivity index (χ4v) is 9.42. The Balaban J connectivity index is 1.95. The highest BCUT2D eigenvalue weighted by molar-refractivity contribution is 9.09. The van der Waals surface area contributed by atoms with Gasteiger partial charge in [-0.25, -0.2) is 0 Å². The molecule has 3 rings (SSSR count). The number of carbonyl (C=O) groups is 3. The molecule has 0 aromatic heterocycles. The number of alkyl halides is 1. The first-order valence-corrected chi connectivity index (χ1v) is 14.6. The summed E-state index contributed by atoms with van der Waals surface area (Å²) in [6, 6.07) is -0.638. The van der Waals surface area contributed by atoms with Gasteiger partial charge in [0.2, 0.25) is 11.8 Å². The smallest absolute Gasteiger partial charge is 0.310 e. The van der Waals surface area contributed by atoms with Crippen LogP contribution in [0, 0.1) is 11.8 Å². The Morgan fingerprint density at radius 1 is 1.29 bits per heavy atom. The Bertz CT molecular complexity index is 811. The van der Waals surface area contributed by atoms with Crippen molar-refractivity contribution >= 4 is 45.5 Å². The molecule has 3 saturated heterocycles. The maximum Gasteiger partial charge on any atom is 0.310 e. The molecule has 9 heteroatoms. The maximum atomic E-state index is 14.1. The number of thioether (sulfide) groups is 1. The summed E-state index contributed by atoms with van der Waals surface area (Å²) >= 11 is 5.40. The molecule has 2 bridgehead atoms. The predicted octanol–water partition coefficient (Wildman–Crippen LogP) is 3.55. The molecular weight excluding hydrogens is 532 g/mol. The number of carbonyl (C=O) groups excluding carboxylic acids is 3. The molecule has 0 radical (unpaired) electrons. The highest BCUT2D eigenvalue weighted by Crippen LogP contribution is 2.68. The molecule has 7 nitrogen and oxygen atoms in total. The lowest BCUT2D eigenvalue weighted by Gasteiger charge is -2.38. The Labute approximate surface area is 221 Å². The molecule has 3 heterocycles. The lowest BCUT2D eigenvalue weighted by atomic mass is 9.71. The fraction of sp³-hybridized carbons (Fsp3) is 0.731. The highest BCUT2D eigenvalue weighted by atomic mass is 79.9. The monoisotopic (exact) mass is 570 g/mol. The lowest BCUT2D eigenvalue weighted by Crippen LogP contribution is -2.55. The van der Waals surface area contributed by atoms with Crippen LogP contribution in [0.3, 0.4) is 0 Å². The van der Waals surface area contributed by atoms with E-state index >= 15 is 0 Å². The molecule has 1 spiro atoms. The molecule has 0 aromatic rings. The minimum Gasteiger partial charge on any atom is -0.465 e. The summed E-state index contributed by atoms with van der Waals surface area (Å²) in [6.07, 6.45) is 8.77. The number of amides is 2. The van der Waals surface area contributed by atoms with Gasteiger partial charge in [-0.15, -0.1) is 24.9 Å². The van der Waals surface area contributed by atoms with Crippen molar-refractivity contribution in [2.75, 3.05) is 32.8 Å². The largest absolute Gasteiger partial charge is 0.465 e. The summed E-state index contributed by atoms with van der Waals surface area (Å²) in [4.78, 5) is 44.8. The number of hydrogen-bond donors (Lipinski definition) is 1. The number of nitrogens with zero attached hydrogens (tertiary/aromatic N) is 2. The molecular formula is C26H39BrN2O5S. The number of aliphatic hydroxyl groups is 1. The number of ether oxygens (including phenoxy) is 1. The van der Waals surface area contributed by atoms with E-state index < -0.39 is 22.6 Å². The van der Waals surface area contributed by atoms with Gasteiger partial charge in [0.15, 0.2) is 0 Å². The van der Waals surface area contributed by atoms with Gasteiger partial charge in [-0.3, -0.25) is 14.4 Å². The van der Waals surface area contributed by atoms with E-state index in [-0.39, 0.29) is 41.1 Å². The zero-order valence-corrected chi connectivity index (χ0v) is 23.1. The quantitative estimate of drug-likeness (QED) is 0.140. The van der Waals surface area contributed by atoms with Crippen molar-refractivity contribution in [3.8, 4) is 0 Å². The molecule has 0 saturated carbocycles. The van der Waals surface area contributed by atoms with Crippen molar-refractivity contribution < 1.29 is 24.2 Å². The minimum atomic E-state index is -0.668. The number of hydrogen-bond acceptors (Lipinski definition) is 6. The van der Waals surface area contributed by atoms with Crippen molar-refractivity contribution in [2.45, 2.75) is 72.7 Å². The first-order chi connectivity index (χ1) is 16.9. The number of aliphatic hydroxyl groups excluding tert-OH is 1.